The Kier molecular flexibility index (Phi) is 2.36. The second kappa shape index (κ2) is 3.11. The maximum Gasteiger partial charge on any atom is 0.244 e. The first-order valence-corrected chi connectivity index (χ1v) is 3.51. The van der Waals surface area contributed by atoms with E-state index in [-0.39, 0.29) is 0 Å². The zero-order valence-corrected chi connectivity index (χ0v) is 6.79. The van der Waals surface area contributed by atoms with Crippen molar-refractivity contribution < 1.29 is 14.3 Å². The molecule has 0 radical (unpaired) electrons. The van der Waals surface area contributed by atoms with Crippen LogP contribution in [0.4, 0.5) is 0 Å². The predicted octanol–water partition coefficient (Wildman–Crippen LogP) is 0.891. The molecule has 4 nitrogen and oxygen atoms in total. The van der Waals surface area contributed by atoms with Gasteiger partial charge in [-0.05, 0) is 0 Å². The molecule has 0 atom stereocenters. The minimum absolute atomic E-state index is 0.450. The average molecular weight is 159 g/mol. The van der Waals surface area contributed by atoms with Crippen molar-refractivity contribution in [3.63, 3.8) is 0 Å². The second-order valence-corrected chi connectivity index (χ2v) is 2.82. The number of rotatable bonds is 3. The molecule has 0 fully saturated rings. The first-order chi connectivity index (χ1) is 5.14. The molecular weight excluding hydrogens is 146 g/mol. The van der Waals surface area contributed by atoms with Crippen LogP contribution in [0.1, 0.15) is 20.3 Å². The van der Waals surface area contributed by atoms with Crippen LogP contribution in [-0.4, -0.2) is 12.4 Å². The van der Waals surface area contributed by atoms with Crippen molar-refractivity contribution in [2.45, 2.75) is 26.1 Å². The first kappa shape index (κ1) is 8.36. The summed E-state index contributed by atoms with van der Waals surface area (Å²) < 4.78 is 10.5. The van der Waals surface area contributed by atoms with Gasteiger partial charge in [-0.3, -0.25) is 0 Å². The topological polar surface area (TPSA) is 53.7 Å². The van der Waals surface area contributed by atoms with Crippen LogP contribution >= 0.6 is 0 Å². The number of hydrogen-bond acceptors (Lipinski definition) is 4. The van der Waals surface area contributed by atoms with Crippen molar-refractivity contribution in [3.8, 4) is 0 Å². The third-order valence-corrected chi connectivity index (χ3v) is 1.32. The van der Waals surface area contributed by atoms with E-state index in [9.17, 15) is 0 Å². The van der Waals surface area contributed by atoms with Gasteiger partial charge in [0.1, 0.15) is 12.0 Å². The van der Waals surface area contributed by atoms with E-state index in [1.54, 1.807) is 6.26 Å². The highest BCUT2D eigenvalue weighted by Gasteiger charge is 2.26. The lowest BCUT2D eigenvalue weighted by atomic mass is 10.4. The molecule has 11 heavy (non-hydrogen) atoms. The highest BCUT2D eigenvalue weighted by atomic mass is 16.7. The Labute approximate surface area is 65.9 Å². The quantitative estimate of drug-likeness (QED) is 0.621. The van der Waals surface area contributed by atoms with E-state index in [1.807, 2.05) is 13.8 Å². The second-order valence-electron chi connectivity index (χ2n) is 2.82. The SMILES string of the molecule is CC1(C)OC=C(CCON)O1. The van der Waals surface area contributed by atoms with Crippen LogP contribution in [0, 0.1) is 0 Å². The van der Waals surface area contributed by atoms with Crippen LogP contribution in [0.15, 0.2) is 12.0 Å². The Morgan fingerprint density at radius 1 is 1.64 bits per heavy atom. The zero-order valence-electron chi connectivity index (χ0n) is 6.79. The summed E-state index contributed by atoms with van der Waals surface area (Å²) in [7, 11) is 0. The highest BCUT2D eigenvalue weighted by Crippen LogP contribution is 2.25. The van der Waals surface area contributed by atoms with Gasteiger partial charge < -0.3 is 14.3 Å². The monoisotopic (exact) mass is 159 g/mol. The standard InChI is InChI=1S/C7H13NO3/c1-7(2)9-5-6(11-7)3-4-10-8/h5H,3-4,8H2,1-2H3. The molecule has 0 spiro atoms. The molecule has 1 rings (SSSR count). The van der Waals surface area contributed by atoms with E-state index >= 15 is 0 Å². The van der Waals surface area contributed by atoms with Gasteiger partial charge in [-0.25, -0.2) is 5.90 Å². The van der Waals surface area contributed by atoms with Crippen LogP contribution in [0.3, 0.4) is 0 Å². The van der Waals surface area contributed by atoms with E-state index in [0.717, 1.165) is 5.76 Å². The van der Waals surface area contributed by atoms with Crippen molar-refractivity contribution >= 4 is 0 Å². The summed E-state index contributed by atoms with van der Waals surface area (Å²) in [5.41, 5.74) is 0. The molecule has 0 bridgehead atoms. The van der Waals surface area contributed by atoms with Crippen LogP contribution in [0.25, 0.3) is 0 Å². The summed E-state index contributed by atoms with van der Waals surface area (Å²) in [6, 6.07) is 0. The van der Waals surface area contributed by atoms with E-state index in [2.05, 4.69) is 4.84 Å². The molecule has 4 heteroatoms. The van der Waals surface area contributed by atoms with Crippen LogP contribution < -0.4 is 5.90 Å². The van der Waals surface area contributed by atoms with Crippen LogP contribution in [0.2, 0.25) is 0 Å². The van der Waals surface area contributed by atoms with Gasteiger partial charge >= 0.3 is 0 Å². The molecule has 0 saturated carbocycles. The molecular formula is C7H13NO3. The Morgan fingerprint density at radius 2 is 2.36 bits per heavy atom. The minimum atomic E-state index is -0.524. The first-order valence-electron chi connectivity index (χ1n) is 3.51. The van der Waals surface area contributed by atoms with Crippen molar-refractivity contribution in [1.82, 2.24) is 0 Å². The van der Waals surface area contributed by atoms with Gasteiger partial charge in [-0.1, -0.05) is 0 Å². The van der Waals surface area contributed by atoms with E-state index < -0.39 is 5.79 Å². The number of nitrogens with two attached hydrogens (primary N) is 1. The summed E-state index contributed by atoms with van der Waals surface area (Å²) in [4.78, 5) is 4.40. The Hall–Kier alpha value is -0.740. The fourth-order valence-electron chi connectivity index (χ4n) is 0.841. The maximum absolute atomic E-state index is 5.35. The number of hydrogen-bond donors (Lipinski definition) is 1. The average Bonchev–Trinajstić information content (AvgIpc) is 2.26. The summed E-state index contributed by atoms with van der Waals surface area (Å²) in [6.45, 7) is 4.14. The lowest BCUT2D eigenvalue weighted by Crippen LogP contribution is -2.20. The molecule has 0 saturated heterocycles. The smallest absolute Gasteiger partial charge is 0.244 e. The molecule has 0 aromatic carbocycles. The van der Waals surface area contributed by atoms with Crippen LogP contribution in [-0.2, 0) is 14.3 Å². The van der Waals surface area contributed by atoms with E-state index in [1.165, 1.54) is 0 Å². The van der Waals surface area contributed by atoms with Crippen molar-refractivity contribution in [2.75, 3.05) is 6.61 Å². The summed E-state index contributed by atoms with van der Waals surface area (Å²) >= 11 is 0. The summed E-state index contributed by atoms with van der Waals surface area (Å²) in [5, 5.41) is 0. The Bertz CT molecular complexity index is 165. The van der Waals surface area contributed by atoms with Gasteiger partial charge in [0.15, 0.2) is 0 Å². The van der Waals surface area contributed by atoms with Gasteiger partial charge in [0, 0.05) is 20.3 Å². The summed E-state index contributed by atoms with van der Waals surface area (Å²) in [6.07, 6.45) is 2.25. The lowest BCUT2D eigenvalue weighted by molar-refractivity contribution is -0.118. The molecule has 0 aromatic heterocycles. The molecule has 2 N–H and O–H groups in total. The molecule has 1 heterocycles. The van der Waals surface area contributed by atoms with Gasteiger partial charge in [0.05, 0.1) is 6.61 Å². The van der Waals surface area contributed by atoms with Crippen molar-refractivity contribution in [3.05, 3.63) is 12.0 Å². The molecule has 0 unspecified atom stereocenters. The van der Waals surface area contributed by atoms with Crippen molar-refractivity contribution in [1.29, 1.82) is 0 Å². The molecule has 0 aliphatic carbocycles. The van der Waals surface area contributed by atoms with Crippen LogP contribution in [0.5, 0.6) is 0 Å². The van der Waals surface area contributed by atoms with Gasteiger partial charge in [0.2, 0.25) is 5.79 Å². The molecule has 1 aliphatic heterocycles. The van der Waals surface area contributed by atoms with Crippen molar-refractivity contribution in [2.24, 2.45) is 5.90 Å². The van der Waals surface area contributed by atoms with E-state index in [4.69, 9.17) is 15.4 Å². The largest absolute Gasteiger partial charge is 0.457 e. The third-order valence-electron chi connectivity index (χ3n) is 1.32. The highest BCUT2D eigenvalue weighted by molar-refractivity contribution is 4.94. The van der Waals surface area contributed by atoms with Gasteiger partial charge in [-0.15, -0.1) is 0 Å². The summed E-state index contributed by atoms with van der Waals surface area (Å²) in [5.74, 6) is 5.10. The third kappa shape index (κ3) is 2.40. The zero-order chi connectivity index (χ0) is 8.32. The van der Waals surface area contributed by atoms with Gasteiger partial charge in [0.25, 0.3) is 0 Å². The fourth-order valence-corrected chi connectivity index (χ4v) is 0.841. The minimum Gasteiger partial charge on any atom is -0.457 e. The lowest BCUT2D eigenvalue weighted by Gasteiger charge is -2.17. The Balaban J connectivity index is 2.29. The number of ether oxygens (including phenoxy) is 2. The normalized spacial score (nSPS) is 20.5. The van der Waals surface area contributed by atoms with Gasteiger partial charge in [-0.2, -0.15) is 0 Å². The maximum atomic E-state index is 5.35. The molecule has 0 amide bonds. The predicted molar refractivity (Wildman–Crippen MR) is 39.1 cm³/mol. The molecule has 64 valence electrons. The van der Waals surface area contributed by atoms with E-state index in [0.29, 0.717) is 13.0 Å². The Morgan fingerprint density at radius 3 is 2.82 bits per heavy atom. The fraction of sp³-hybridized carbons (Fsp3) is 0.714. The molecule has 1 aliphatic rings. The molecule has 0 aromatic rings.